The van der Waals surface area contributed by atoms with E-state index in [0.29, 0.717) is 31.0 Å². The highest BCUT2D eigenvalue weighted by Crippen LogP contribution is 2.16. The monoisotopic (exact) mass is 347 g/mol. The van der Waals surface area contributed by atoms with E-state index in [4.69, 9.17) is 4.74 Å². The fourth-order valence-corrected chi connectivity index (χ4v) is 3.05. The molecule has 0 aliphatic carbocycles. The molecular formula is C18H22FN3O3. The van der Waals surface area contributed by atoms with Gasteiger partial charge in [0.05, 0.1) is 12.5 Å². The van der Waals surface area contributed by atoms with Crippen LogP contribution in [0.3, 0.4) is 0 Å². The maximum absolute atomic E-state index is 13.1. The highest BCUT2D eigenvalue weighted by atomic mass is 19.1. The van der Waals surface area contributed by atoms with Crippen LogP contribution in [0.4, 0.5) is 4.39 Å². The van der Waals surface area contributed by atoms with Gasteiger partial charge >= 0.3 is 0 Å². The van der Waals surface area contributed by atoms with Crippen LogP contribution < -0.4 is 5.56 Å². The molecule has 1 aromatic carbocycles. The number of hydrogen-bond acceptors (Lipinski definition) is 3. The minimum Gasteiger partial charge on any atom is -0.376 e. The molecule has 1 aliphatic heterocycles. The Morgan fingerprint density at radius 3 is 2.68 bits per heavy atom. The van der Waals surface area contributed by atoms with Crippen molar-refractivity contribution < 1.29 is 13.9 Å². The van der Waals surface area contributed by atoms with Gasteiger partial charge in [0.15, 0.2) is 0 Å². The predicted octanol–water partition coefficient (Wildman–Crippen LogP) is 1.90. The number of ether oxygens (including phenoxy) is 1. The van der Waals surface area contributed by atoms with Gasteiger partial charge in [0, 0.05) is 31.0 Å². The first-order valence-electron chi connectivity index (χ1n) is 8.43. The van der Waals surface area contributed by atoms with Gasteiger partial charge in [-0.15, -0.1) is 0 Å². The Morgan fingerprint density at radius 1 is 1.32 bits per heavy atom. The minimum atomic E-state index is -0.310. The van der Waals surface area contributed by atoms with E-state index >= 15 is 0 Å². The Labute approximate surface area is 145 Å². The van der Waals surface area contributed by atoms with Gasteiger partial charge in [-0.05, 0) is 37.5 Å². The van der Waals surface area contributed by atoms with Crippen LogP contribution in [-0.2, 0) is 22.5 Å². The van der Waals surface area contributed by atoms with Crippen molar-refractivity contribution in [3.8, 4) is 0 Å². The molecular weight excluding hydrogens is 325 g/mol. The number of aryl methyl sites for hydroxylation is 1. The molecule has 25 heavy (non-hydrogen) atoms. The molecule has 3 rings (SSSR count). The van der Waals surface area contributed by atoms with Crippen LogP contribution in [0.2, 0.25) is 0 Å². The summed E-state index contributed by atoms with van der Waals surface area (Å²) in [5, 5.41) is 5.23. The molecule has 134 valence electrons. The van der Waals surface area contributed by atoms with Gasteiger partial charge in [0.25, 0.3) is 5.56 Å². The van der Waals surface area contributed by atoms with Gasteiger partial charge in [-0.3, -0.25) is 14.7 Å². The molecule has 0 bridgehead atoms. The van der Waals surface area contributed by atoms with Crippen molar-refractivity contribution in [2.75, 3.05) is 13.2 Å². The fraction of sp³-hybridized carbons (Fsp3) is 0.444. The van der Waals surface area contributed by atoms with Gasteiger partial charge in [-0.2, -0.15) is 0 Å². The summed E-state index contributed by atoms with van der Waals surface area (Å²) in [7, 11) is 0. The third-order valence-corrected chi connectivity index (χ3v) is 4.51. The Balaban J connectivity index is 1.75. The van der Waals surface area contributed by atoms with Crippen LogP contribution in [0.1, 0.15) is 29.7 Å². The van der Waals surface area contributed by atoms with Crippen LogP contribution in [0.15, 0.2) is 29.1 Å². The number of aromatic amines is 2. The summed E-state index contributed by atoms with van der Waals surface area (Å²) in [6.07, 6.45) is 1.94. The summed E-state index contributed by atoms with van der Waals surface area (Å²) in [4.78, 5) is 26.3. The van der Waals surface area contributed by atoms with Crippen LogP contribution in [0.25, 0.3) is 0 Å². The first-order valence-corrected chi connectivity index (χ1v) is 8.43. The number of amides is 1. The van der Waals surface area contributed by atoms with Crippen molar-refractivity contribution in [2.24, 2.45) is 0 Å². The number of nitrogens with one attached hydrogen (secondary N) is 2. The molecule has 1 aromatic heterocycles. The molecule has 2 aromatic rings. The quantitative estimate of drug-likeness (QED) is 0.838. The summed E-state index contributed by atoms with van der Waals surface area (Å²) in [5.74, 6) is -0.455. The lowest BCUT2D eigenvalue weighted by Gasteiger charge is -2.25. The van der Waals surface area contributed by atoms with Crippen LogP contribution >= 0.6 is 0 Å². The number of rotatable bonds is 6. The van der Waals surface area contributed by atoms with E-state index in [-0.39, 0.29) is 29.8 Å². The van der Waals surface area contributed by atoms with E-state index in [1.54, 1.807) is 24.0 Å². The number of hydrogen-bond donors (Lipinski definition) is 2. The topological polar surface area (TPSA) is 78.2 Å². The van der Waals surface area contributed by atoms with E-state index in [1.165, 1.54) is 12.1 Å². The zero-order valence-electron chi connectivity index (χ0n) is 14.2. The Bertz CT molecular complexity index is 776. The smallest absolute Gasteiger partial charge is 0.267 e. The van der Waals surface area contributed by atoms with Crippen molar-refractivity contribution in [3.05, 3.63) is 57.3 Å². The third kappa shape index (κ3) is 4.36. The summed E-state index contributed by atoms with van der Waals surface area (Å²) in [6, 6.07) is 6.09. The van der Waals surface area contributed by atoms with E-state index < -0.39 is 0 Å². The predicted molar refractivity (Wildman–Crippen MR) is 90.6 cm³/mol. The number of halogens is 1. The lowest BCUT2D eigenvalue weighted by atomic mass is 10.1. The molecule has 0 saturated carbocycles. The molecule has 1 saturated heterocycles. The Hall–Kier alpha value is -2.41. The number of H-pyrrole nitrogens is 2. The normalized spacial score (nSPS) is 17.0. The van der Waals surface area contributed by atoms with Crippen LogP contribution in [-0.4, -0.2) is 40.3 Å². The second-order valence-electron chi connectivity index (χ2n) is 6.40. The maximum atomic E-state index is 13.1. The number of nitrogens with zero attached hydrogens (tertiary/aromatic N) is 1. The van der Waals surface area contributed by atoms with Crippen LogP contribution in [0, 0.1) is 12.7 Å². The number of aromatic nitrogens is 2. The summed E-state index contributed by atoms with van der Waals surface area (Å²) in [5.41, 5.74) is 1.68. The molecule has 7 heteroatoms. The fourth-order valence-electron chi connectivity index (χ4n) is 3.05. The highest BCUT2D eigenvalue weighted by molar-refractivity contribution is 5.79. The molecule has 2 N–H and O–H groups in total. The lowest BCUT2D eigenvalue weighted by Crippen LogP contribution is -2.38. The average molecular weight is 347 g/mol. The molecule has 2 heterocycles. The van der Waals surface area contributed by atoms with Gasteiger partial charge in [-0.25, -0.2) is 4.39 Å². The van der Waals surface area contributed by atoms with Gasteiger partial charge in [0.2, 0.25) is 5.91 Å². The van der Waals surface area contributed by atoms with Gasteiger partial charge < -0.3 is 14.7 Å². The number of carbonyl (C=O) groups is 1. The zero-order chi connectivity index (χ0) is 17.8. The van der Waals surface area contributed by atoms with Crippen molar-refractivity contribution in [2.45, 2.75) is 38.8 Å². The highest BCUT2D eigenvalue weighted by Gasteiger charge is 2.24. The van der Waals surface area contributed by atoms with Gasteiger partial charge in [0.1, 0.15) is 5.82 Å². The average Bonchev–Trinajstić information content (AvgIpc) is 3.21. The molecule has 1 aliphatic rings. The number of carbonyl (C=O) groups excluding carboxylic acids is 1. The van der Waals surface area contributed by atoms with Crippen molar-refractivity contribution >= 4 is 5.91 Å². The molecule has 0 spiro atoms. The van der Waals surface area contributed by atoms with Crippen molar-refractivity contribution in [1.29, 1.82) is 0 Å². The Kier molecular flexibility index (Phi) is 5.33. The Morgan fingerprint density at radius 2 is 2.08 bits per heavy atom. The third-order valence-electron chi connectivity index (χ3n) is 4.51. The van der Waals surface area contributed by atoms with E-state index in [1.807, 2.05) is 0 Å². The second-order valence-corrected chi connectivity index (χ2v) is 6.40. The minimum absolute atomic E-state index is 0.00926. The standard InChI is InChI=1S/C18H22FN3O3/c1-12-16(18(24)21-20-12)9-17(23)22(11-15-3-2-8-25-15)10-13-4-6-14(19)7-5-13/h4-7,15H,2-3,8-11H2,1H3,(H2,20,21,24). The lowest BCUT2D eigenvalue weighted by molar-refractivity contribution is -0.132. The zero-order valence-corrected chi connectivity index (χ0v) is 14.2. The van der Waals surface area contributed by atoms with E-state index in [9.17, 15) is 14.0 Å². The first-order chi connectivity index (χ1) is 12.0. The second kappa shape index (κ2) is 7.65. The summed E-state index contributed by atoms with van der Waals surface area (Å²) < 4.78 is 18.8. The summed E-state index contributed by atoms with van der Waals surface area (Å²) in [6.45, 7) is 3.29. The summed E-state index contributed by atoms with van der Waals surface area (Å²) >= 11 is 0. The SMILES string of the molecule is Cc1[nH][nH]c(=O)c1CC(=O)N(Cc1ccc(F)cc1)CC1CCCO1. The van der Waals surface area contributed by atoms with Gasteiger partial charge in [-0.1, -0.05) is 12.1 Å². The van der Waals surface area contributed by atoms with Crippen LogP contribution in [0.5, 0.6) is 0 Å². The molecule has 1 amide bonds. The molecule has 1 unspecified atom stereocenters. The molecule has 1 atom stereocenters. The van der Waals surface area contributed by atoms with E-state index in [2.05, 4.69) is 10.2 Å². The van der Waals surface area contributed by atoms with Crippen molar-refractivity contribution in [1.82, 2.24) is 15.1 Å². The molecule has 1 fully saturated rings. The number of benzene rings is 1. The van der Waals surface area contributed by atoms with Crippen molar-refractivity contribution in [3.63, 3.8) is 0 Å². The molecule has 0 radical (unpaired) electrons. The first kappa shape index (κ1) is 17.4. The van der Waals surface area contributed by atoms with E-state index in [0.717, 1.165) is 18.4 Å². The maximum Gasteiger partial charge on any atom is 0.267 e. The molecule has 6 nitrogen and oxygen atoms in total. The largest absolute Gasteiger partial charge is 0.376 e.